The Bertz CT molecular complexity index is 303. The second-order valence-corrected chi connectivity index (χ2v) is 3.17. The van der Waals surface area contributed by atoms with E-state index in [0.717, 1.165) is 5.56 Å². The molecule has 0 aliphatic carbocycles. The molecule has 1 N–H and O–H groups in total. The normalized spacial score (nSPS) is 12.1. The van der Waals surface area contributed by atoms with Gasteiger partial charge in [-0.15, -0.1) is 0 Å². The highest BCUT2D eigenvalue weighted by Gasteiger charge is 2.16. The SMILES string of the molecule is CC[C@H](Oc1ccc(C)cc1)C(=O)O. The van der Waals surface area contributed by atoms with E-state index in [0.29, 0.717) is 12.2 Å². The third-order valence-electron chi connectivity index (χ3n) is 1.95. The molecule has 0 fully saturated rings. The molecule has 76 valence electrons. The number of aryl methyl sites for hydroxylation is 1. The molecule has 0 saturated heterocycles. The van der Waals surface area contributed by atoms with Gasteiger partial charge in [-0.1, -0.05) is 24.6 Å². The van der Waals surface area contributed by atoms with Crippen molar-refractivity contribution in [1.82, 2.24) is 0 Å². The molecular formula is C11H14O3. The van der Waals surface area contributed by atoms with E-state index in [1.807, 2.05) is 19.1 Å². The van der Waals surface area contributed by atoms with Gasteiger partial charge in [-0.25, -0.2) is 4.79 Å². The van der Waals surface area contributed by atoms with Gasteiger partial charge >= 0.3 is 5.97 Å². The minimum absolute atomic E-state index is 0.462. The third-order valence-corrected chi connectivity index (χ3v) is 1.95. The fourth-order valence-electron chi connectivity index (χ4n) is 1.09. The van der Waals surface area contributed by atoms with Crippen molar-refractivity contribution in [2.45, 2.75) is 26.4 Å². The Morgan fingerprint density at radius 2 is 2.00 bits per heavy atom. The summed E-state index contributed by atoms with van der Waals surface area (Å²) in [5.74, 6) is -0.321. The monoisotopic (exact) mass is 194 g/mol. The second kappa shape index (κ2) is 4.65. The molecule has 0 unspecified atom stereocenters. The van der Waals surface area contributed by atoms with Crippen LogP contribution in [-0.2, 0) is 4.79 Å². The van der Waals surface area contributed by atoms with E-state index in [4.69, 9.17) is 9.84 Å². The molecule has 3 nitrogen and oxygen atoms in total. The highest BCUT2D eigenvalue weighted by Crippen LogP contribution is 2.14. The van der Waals surface area contributed by atoms with E-state index in [2.05, 4.69) is 0 Å². The molecule has 0 aromatic heterocycles. The average molecular weight is 194 g/mol. The molecule has 1 atom stereocenters. The molecule has 3 heteroatoms. The molecule has 1 aromatic carbocycles. The molecule has 0 amide bonds. The summed E-state index contributed by atoms with van der Waals surface area (Å²) in [6.07, 6.45) is -0.291. The topological polar surface area (TPSA) is 46.5 Å². The number of hydrogen-bond donors (Lipinski definition) is 1. The van der Waals surface area contributed by atoms with Crippen molar-refractivity contribution in [2.75, 3.05) is 0 Å². The first-order valence-corrected chi connectivity index (χ1v) is 4.59. The van der Waals surface area contributed by atoms with Crippen LogP contribution in [0.3, 0.4) is 0 Å². The van der Waals surface area contributed by atoms with Gasteiger partial charge in [-0.05, 0) is 25.5 Å². The number of carboxylic acids is 1. The van der Waals surface area contributed by atoms with Gasteiger partial charge in [0.15, 0.2) is 6.10 Å². The van der Waals surface area contributed by atoms with E-state index < -0.39 is 12.1 Å². The smallest absolute Gasteiger partial charge is 0.344 e. The number of aliphatic carboxylic acids is 1. The second-order valence-electron chi connectivity index (χ2n) is 3.17. The van der Waals surface area contributed by atoms with Gasteiger partial charge in [-0.2, -0.15) is 0 Å². The van der Waals surface area contributed by atoms with Crippen molar-refractivity contribution in [1.29, 1.82) is 0 Å². The maximum atomic E-state index is 10.7. The minimum atomic E-state index is -0.923. The third kappa shape index (κ3) is 2.76. The van der Waals surface area contributed by atoms with Crippen molar-refractivity contribution < 1.29 is 14.6 Å². The number of ether oxygens (including phenoxy) is 1. The molecule has 0 aliphatic heterocycles. The maximum absolute atomic E-state index is 10.7. The Morgan fingerprint density at radius 3 is 2.43 bits per heavy atom. The van der Waals surface area contributed by atoms with E-state index in [-0.39, 0.29) is 0 Å². The Labute approximate surface area is 83.3 Å². The summed E-state index contributed by atoms with van der Waals surface area (Å²) in [5.41, 5.74) is 1.13. The lowest BCUT2D eigenvalue weighted by Crippen LogP contribution is -2.25. The summed E-state index contributed by atoms with van der Waals surface area (Å²) < 4.78 is 5.28. The van der Waals surface area contributed by atoms with Crippen molar-refractivity contribution in [3.05, 3.63) is 29.8 Å². The van der Waals surface area contributed by atoms with Crippen LogP contribution in [0.25, 0.3) is 0 Å². The van der Waals surface area contributed by atoms with Crippen LogP contribution in [0.4, 0.5) is 0 Å². The Balaban J connectivity index is 2.67. The molecule has 1 rings (SSSR count). The molecule has 0 radical (unpaired) electrons. The molecule has 1 aromatic rings. The van der Waals surface area contributed by atoms with Gasteiger partial charge in [0.1, 0.15) is 5.75 Å². The molecule has 0 bridgehead atoms. The van der Waals surface area contributed by atoms with Crippen molar-refractivity contribution in [2.24, 2.45) is 0 Å². The number of hydrogen-bond acceptors (Lipinski definition) is 2. The lowest BCUT2D eigenvalue weighted by atomic mass is 10.2. The fraction of sp³-hybridized carbons (Fsp3) is 0.364. The number of carboxylic acid groups (broad SMARTS) is 1. The first kappa shape index (κ1) is 10.6. The van der Waals surface area contributed by atoms with Crippen LogP contribution < -0.4 is 4.74 Å². The maximum Gasteiger partial charge on any atom is 0.344 e. The summed E-state index contributed by atoms with van der Waals surface area (Å²) in [7, 11) is 0. The van der Waals surface area contributed by atoms with E-state index >= 15 is 0 Å². The number of rotatable bonds is 4. The van der Waals surface area contributed by atoms with E-state index in [9.17, 15) is 4.79 Å². The Morgan fingerprint density at radius 1 is 1.43 bits per heavy atom. The van der Waals surface area contributed by atoms with Gasteiger partial charge in [-0.3, -0.25) is 0 Å². The standard InChI is InChI=1S/C11H14O3/c1-3-10(11(12)13)14-9-6-4-8(2)5-7-9/h4-7,10H,3H2,1-2H3,(H,12,13)/t10-/m0/s1. The number of benzene rings is 1. The molecule has 0 saturated carbocycles. The van der Waals surface area contributed by atoms with Crippen LogP contribution in [0.2, 0.25) is 0 Å². The van der Waals surface area contributed by atoms with Crippen LogP contribution in [0.15, 0.2) is 24.3 Å². The van der Waals surface area contributed by atoms with Crippen LogP contribution in [0.1, 0.15) is 18.9 Å². The quantitative estimate of drug-likeness (QED) is 0.799. The minimum Gasteiger partial charge on any atom is -0.479 e. The zero-order valence-electron chi connectivity index (χ0n) is 8.36. The summed E-state index contributed by atoms with van der Waals surface area (Å²) in [5, 5.41) is 8.76. The first-order chi connectivity index (χ1) is 6.63. The predicted octanol–water partition coefficient (Wildman–Crippen LogP) is 2.24. The van der Waals surface area contributed by atoms with Crippen LogP contribution in [0, 0.1) is 6.92 Å². The van der Waals surface area contributed by atoms with Crippen molar-refractivity contribution >= 4 is 5.97 Å². The summed E-state index contributed by atoms with van der Waals surface area (Å²) in [6, 6.07) is 7.34. The van der Waals surface area contributed by atoms with Gasteiger partial charge in [0, 0.05) is 0 Å². The van der Waals surface area contributed by atoms with E-state index in [1.165, 1.54) is 0 Å². The largest absolute Gasteiger partial charge is 0.479 e. The fourth-order valence-corrected chi connectivity index (χ4v) is 1.09. The average Bonchev–Trinajstić information content (AvgIpc) is 2.16. The molecule has 14 heavy (non-hydrogen) atoms. The van der Waals surface area contributed by atoms with Crippen LogP contribution in [0.5, 0.6) is 5.75 Å². The summed E-state index contributed by atoms with van der Waals surface area (Å²) >= 11 is 0. The van der Waals surface area contributed by atoms with Crippen LogP contribution >= 0.6 is 0 Å². The Hall–Kier alpha value is -1.51. The van der Waals surface area contributed by atoms with Gasteiger partial charge in [0.25, 0.3) is 0 Å². The van der Waals surface area contributed by atoms with Crippen molar-refractivity contribution in [3.63, 3.8) is 0 Å². The van der Waals surface area contributed by atoms with Crippen LogP contribution in [-0.4, -0.2) is 17.2 Å². The predicted molar refractivity (Wildman–Crippen MR) is 53.5 cm³/mol. The lowest BCUT2D eigenvalue weighted by Gasteiger charge is -2.12. The molecular weight excluding hydrogens is 180 g/mol. The first-order valence-electron chi connectivity index (χ1n) is 4.59. The zero-order valence-corrected chi connectivity index (χ0v) is 8.36. The highest BCUT2D eigenvalue weighted by atomic mass is 16.5. The van der Waals surface area contributed by atoms with E-state index in [1.54, 1.807) is 19.1 Å². The zero-order chi connectivity index (χ0) is 10.6. The van der Waals surface area contributed by atoms with Gasteiger partial charge in [0.2, 0.25) is 0 Å². The molecule has 0 heterocycles. The molecule has 0 aliphatic rings. The number of carbonyl (C=O) groups is 1. The van der Waals surface area contributed by atoms with Gasteiger partial charge in [0.05, 0.1) is 0 Å². The Kier molecular flexibility index (Phi) is 3.51. The van der Waals surface area contributed by atoms with Crippen molar-refractivity contribution in [3.8, 4) is 5.75 Å². The highest BCUT2D eigenvalue weighted by molar-refractivity contribution is 5.72. The lowest BCUT2D eigenvalue weighted by molar-refractivity contribution is -0.145. The summed E-state index contributed by atoms with van der Waals surface area (Å²) in [4.78, 5) is 10.7. The summed E-state index contributed by atoms with van der Waals surface area (Å²) in [6.45, 7) is 3.76. The van der Waals surface area contributed by atoms with Gasteiger partial charge < -0.3 is 9.84 Å². The molecule has 0 spiro atoms.